The summed E-state index contributed by atoms with van der Waals surface area (Å²) < 4.78 is 218. The first-order chi connectivity index (χ1) is 34.3. The monoisotopic (exact) mass is 1030 g/mol. The Kier molecular flexibility index (Phi) is 18.9. The van der Waals surface area contributed by atoms with Crippen molar-refractivity contribution < 1.29 is 85.5 Å². The topological polar surface area (TPSA) is 55.4 Å². The van der Waals surface area contributed by atoms with Gasteiger partial charge < -0.3 is 28.4 Å². The zero-order valence-corrected chi connectivity index (χ0v) is 38.7. The molecule has 0 heterocycles. The van der Waals surface area contributed by atoms with Gasteiger partial charge in [0.1, 0.15) is 69.0 Å². The van der Waals surface area contributed by atoms with Crippen molar-refractivity contribution in [3.8, 4) is 45.3 Å². The average molecular weight is 1030 g/mol. The molecule has 0 saturated carbocycles. The van der Waals surface area contributed by atoms with E-state index in [0.29, 0.717) is 99.2 Å². The summed E-state index contributed by atoms with van der Waals surface area (Å²) in [5.41, 5.74) is -3.53. The fraction of sp³-hybridized carbons (Fsp3) is 0.321. The molecule has 0 aliphatic rings. The molecule has 0 aliphatic heterocycles. The van der Waals surface area contributed by atoms with Crippen molar-refractivity contribution in [2.75, 3.05) is 26.4 Å². The zero-order valence-electron chi connectivity index (χ0n) is 38.7. The van der Waals surface area contributed by atoms with Gasteiger partial charge in [-0.3, -0.25) is 0 Å². The van der Waals surface area contributed by atoms with Crippen LogP contribution in [0.25, 0.3) is 22.3 Å². The molecule has 0 aromatic heterocycles. The normalized spacial score (nSPS) is 12.3. The second-order valence-electron chi connectivity index (χ2n) is 16.4. The highest BCUT2D eigenvalue weighted by Crippen LogP contribution is 2.40. The van der Waals surface area contributed by atoms with Crippen molar-refractivity contribution in [1.82, 2.24) is 0 Å². The molecule has 0 spiro atoms. The number of hydrogen-bond donors (Lipinski definition) is 0. The van der Waals surface area contributed by atoms with Gasteiger partial charge in [-0.05, 0) is 123 Å². The van der Waals surface area contributed by atoms with Gasteiger partial charge in [0, 0.05) is 43.0 Å². The van der Waals surface area contributed by atoms with Crippen LogP contribution >= 0.6 is 0 Å². The van der Waals surface area contributed by atoms with Gasteiger partial charge in [-0.2, -0.15) is 17.6 Å². The maximum Gasteiger partial charge on any atom is 0.432 e. The second-order valence-corrected chi connectivity index (χ2v) is 16.4. The van der Waals surface area contributed by atoms with E-state index in [1.54, 1.807) is 12.1 Å². The molecule has 1 atom stereocenters. The van der Waals surface area contributed by atoms with E-state index in [1.165, 1.54) is 36.4 Å². The Labute approximate surface area is 406 Å². The molecule has 0 N–H and O–H groups in total. The summed E-state index contributed by atoms with van der Waals surface area (Å²) in [5, 5.41) is 0. The van der Waals surface area contributed by atoms with Gasteiger partial charge in [-0.25, -0.2) is 39.5 Å². The summed E-state index contributed by atoms with van der Waals surface area (Å²) in [6.07, 6.45) is -3.73. The van der Waals surface area contributed by atoms with Gasteiger partial charge in [-0.1, -0.05) is 37.6 Å². The summed E-state index contributed by atoms with van der Waals surface area (Å²) in [6, 6.07) is 16.1. The minimum absolute atomic E-state index is 0.0468. The lowest BCUT2D eigenvalue weighted by atomic mass is 10.0. The Morgan fingerprint density at radius 3 is 1.11 bits per heavy atom. The molecule has 6 aromatic carbocycles. The van der Waals surface area contributed by atoms with Crippen LogP contribution in [0, 0.1) is 59.3 Å². The molecular weight excluding hydrogens is 980 g/mol. The second kappa shape index (κ2) is 24.8. The Morgan fingerprint density at radius 2 is 0.750 bits per heavy atom. The van der Waals surface area contributed by atoms with Crippen molar-refractivity contribution in [3.05, 3.63) is 166 Å². The van der Waals surface area contributed by atoms with Crippen LogP contribution in [-0.2, 0) is 21.7 Å². The van der Waals surface area contributed by atoms with E-state index in [9.17, 15) is 57.1 Å². The van der Waals surface area contributed by atoms with E-state index >= 15 is 0 Å². The SMILES string of the molecule is CCCC(OCCCCCOc1ccc(-c2cc(F)c(C(F)(F)Oc3cc(F)c(C)c(F)c3)c(F)c2)cc1)OCCCCCOc1ccc(-c2cc(F)c(C(F)(F)Oc3cc(F)c(F)c(F)c3)c(F)c2)cc1. The molecule has 72 heavy (non-hydrogen) atoms. The van der Waals surface area contributed by atoms with Crippen molar-refractivity contribution in [2.24, 2.45) is 0 Å². The summed E-state index contributed by atoms with van der Waals surface area (Å²) in [5.74, 6) is -15.8. The number of halogens is 13. The van der Waals surface area contributed by atoms with Gasteiger partial charge in [0.2, 0.25) is 0 Å². The Morgan fingerprint density at radius 1 is 0.403 bits per heavy atom. The van der Waals surface area contributed by atoms with E-state index in [2.05, 4.69) is 9.47 Å². The Balaban J connectivity index is 0.843. The Bertz CT molecular complexity index is 2480. The van der Waals surface area contributed by atoms with Crippen LogP contribution in [0.15, 0.2) is 97.1 Å². The lowest BCUT2D eigenvalue weighted by molar-refractivity contribution is -0.190. The van der Waals surface area contributed by atoms with Gasteiger partial charge in [0.25, 0.3) is 0 Å². The van der Waals surface area contributed by atoms with Crippen LogP contribution < -0.4 is 18.9 Å². The lowest BCUT2D eigenvalue weighted by Crippen LogP contribution is -2.25. The molecule has 0 fully saturated rings. The van der Waals surface area contributed by atoms with E-state index < -0.39 is 92.8 Å². The highest BCUT2D eigenvalue weighted by Gasteiger charge is 2.43. The number of benzene rings is 6. The summed E-state index contributed by atoms with van der Waals surface area (Å²) in [7, 11) is 0. The van der Waals surface area contributed by atoms with Crippen LogP contribution in [0.5, 0.6) is 23.0 Å². The first-order valence-corrected chi connectivity index (χ1v) is 22.7. The quantitative estimate of drug-likeness (QED) is 0.0234. The highest BCUT2D eigenvalue weighted by atomic mass is 19.3. The van der Waals surface area contributed by atoms with Gasteiger partial charge in [0.05, 0.1) is 13.2 Å². The number of ether oxygens (including phenoxy) is 6. The molecule has 19 heteroatoms. The predicted octanol–water partition coefficient (Wildman–Crippen LogP) is 15.8. The van der Waals surface area contributed by atoms with Gasteiger partial charge in [0.15, 0.2) is 23.7 Å². The number of alkyl halides is 4. The Hall–Kier alpha value is -6.47. The van der Waals surface area contributed by atoms with Crippen molar-refractivity contribution in [2.45, 2.75) is 83.7 Å². The van der Waals surface area contributed by atoms with E-state index in [-0.39, 0.29) is 35.1 Å². The molecule has 6 nitrogen and oxygen atoms in total. The zero-order chi connectivity index (χ0) is 52.2. The maximum absolute atomic E-state index is 14.9. The summed E-state index contributed by atoms with van der Waals surface area (Å²) in [4.78, 5) is 0. The highest BCUT2D eigenvalue weighted by molar-refractivity contribution is 5.66. The van der Waals surface area contributed by atoms with Crippen LogP contribution in [-0.4, -0.2) is 32.7 Å². The molecule has 6 aromatic rings. The van der Waals surface area contributed by atoms with Crippen molar-refractivity contribution in [3.63, 3.8) is 0 Å². The molecule has 1 unspecified atom stereocenters. The fourth-order valence-electron chi connectivity index (χ4n) is 7.22. The van der Waals surface area contributed by atoms with Gasteiger partial charge >= 0.3 is 12.2 Å². The van der Waals surface area contributed by atoms with Crippen molar-refractivity contribution >= 4 is 0 Å². The third kappa shape index (κ3) is 14.6. The van der Waals surface area contributed by atoms with Crippen molar-refractivity contribution in [1.29, 1.82) is 0 Å². The molecule has 0 bridgehead atoms. The average Bonchev–Trinajstić information content (AvgIpc) is 3.31. The summed E-state index contributed by atoms with van der Waals surface area (Å²) in [6.45, 7) is 4.74. The number of unbranched alkanes of at least 4 members (excludes halogenated alkanes) is 4. The first kappa shape index (κ1) is 54.9. The lowest BCUT2D eigenvalue weighted by Gasteiger charge is -2.20. The maximum atomic E-state index is 14.9. The third-order valence-electron chi connectivity index (χ3n) is 11.0. The minimum atomic E-state index is -4.71. The van der Waals surface area contributed by atoms with Crippen LogP contribution in [0.1, 0.15) is 75.0 Å². The molecule has 6 rings (SSSR count). The van der Waals surface area contributed by atoms with E-state index in [0.717, 1.165) is 39.0 Å². The van der Waals surface area contributed by atoms with E-state index in [4.69, 9.17) is 18.9 Å². The fourth-order valence-corrected chi connectivity index (χ4v) is 7.22. The van der Waals surface area contributed by atoms with Gasteiger partial charge in [-0.15, -0.1) is 0 Å². The standard InChI is InChI=1S/C53H47F13O6/c1-3-10-48(69-21-8-4-6-19-67-36-15-11-32(12-16-36)34-23-42(56)49(43(57)24-34)52(63,64)71-38-27-40(54)31(2)41(55)28-38)70-22-9-5-7-20-68-37-17-13-33(14-18-37)35-25-44(58)50(45(59)26-35)53(65,66)72-39-29-46(60)51(62)47(61)30-39/h11-18,23-30,48H,3-10,19-22H2,1-2H3. The number of rotatable bonds is 26. The molecule has 0 aliphatic carbocycles. The summed E-state index contributed by atoms with van der Waals surface area (Å²) >= 11 is 0. The molecule has 386 valence electrons. The van der Waals surface area contributed by atoms with Crippen LogP contribution in [0.2, 0.25) is 0 Å². The molecule has 0 saturated heterocycles. The molecular formula is C53H47F13O6. The van der Waals surface area contributed by atoms with E-state index in [1.807, 2.05) is 6.92 Å². The minimum Gasteiger partial charge on any atom is -0.494 e. The third-order valence-corrected chi connectivity index (χ3v) is 11.0. The van der Waals surface area contributed by atoms with Crippen LogP contribution in [0.4, 0.5) is 57.1 Å². The predicted molar refractivity (Wildman–Crippen MR) is 239 cm³/mol. The molecule has 0 amide bonds. The first-order valence-electron chi connectivity index (χ1n) is 22.7. The molecule has 0 radical (unpaired) electrons. The van der Waals surface area contributed by atoms with Crippen LogP contribution in [0.3, 0.4) is 0 Å². The number of hydrogen-bond acceptors (Lipinski definition) is 6. The smallest absolute Gasteiger partial charge is 0.432 e. The largest absolute Gasteiger partial charge is 0.494 e.